The van der Waals surface area contributed by atoms with Crippen molar-refractivity contribution in [1.82, 2.24) is 0 Å². The molecule has 1 aliphatic heterocycles. The maximum atomic E-state index is 9.13. The highest BCUT2D eigenvalue weighted by molar-refractivity contribution is 6.18. The molecule has 0 aromatic rings. The van der Waals surface area contributed by atoms with Gasteiger partial charge in [-0.1, -0.05) is 0 Å². The van der Waals surface area contributed by atoms with Crippen LogP contribution in [0.3, 0.4) is 0 Å². The van der Waals surface area contributed by atoms with Crippen molar-refractivity contribution in [3.63, 3.8) is 0 Å². The van der Waals surface area contributed by atoms with E-state index in [2.05, 4.69) is 0 Å². The van der Waals surface area contributed by atoms with Crippen molar-refractivity contribution in [3.05, 3.63) is 6.61 Å². The maximum Gasteiger partial charge on any atom is 0.115 e. The summed E-state index contributed by atoms with van der Waals surface area (Å²) in [7, 11) is 0. The smallest absolute Gasteiger partial charge is 0.115 e. The molecule has 1 fully saturated rings. The molecule has 0 amide bonds. The molecule has 1 aliphatic rings. The van der Waals surface area contributed by atoms with Crippen LogP contribution in [0.15, 0.2) is 0 Å². The average molecular weight is 182 g/mol. The first kappa shape index (κ1) is 9.22. The summed E-state index contributed by atoms with van der Waals surface area (Å²) in [5.74, 6) is -0.0255. The third-order valence-electron chi connectivity index (χ3n) is 1.60. The molecule has 1 radical (unpaired) electrons. The van der Waals surface area contributed by atoms with Gasteiger partial charge in [0.25, 0.3) is 0 Å². The molecule has 1 rings (SSSR count). The van der Waals surface area contributed by atoms with Crippen LogP contribution in [0.1, 0.15) is 0 Å². The molecule has 11 heavy (non-hydrogen) atoms. The summed E-state index contributed by atoms with van der Waals surface area (Å²) in [6.07, 6.45) is -3.86. The van der Waals surface area contributed by atoms with Crippen LogP contribution in [0, 0.1) is 6.61 Å². The first-order chi connectivity index (χ1) is 5.16. The van der Waals surface area contributed by atoms with Crippen molar-refractivity contribution in [2.75, 3.05) is 5.88 Å². The van der Waals surface area contributed by atoms with Crippen LogP contribution in [0.2, 0.25) is 0 Å². The van der Waals surface area contributed by atoms with Crippen LogP contribution in [0.25, 0.3) is 0 Å². The van der Waals surface area contributed by atoms with Crippen LogP contribution in [-0.4, -0.2) is 45.6 Å². The Morgan fingerprint density at radius 1 is 1.55 bits per heavy atom. The van der Waals surface area contributed by atoms with E-state index in [1.165, 1.54) is 0 Å². The lowest BCUT2D eigenvalue weighted by molar-refractivity contribution is -0.0370. The first-order valence-electron chi connectivity index (χ1n) is 3.25. The number of rotatable bonds is 2. The van der Waals surface area contributed by atoms with Gasteiger partial charge >= 0.3 is 0 Å². The molecule has 1 saturated heterocycles. The van der Waals surface area contributed by atoms with Crippen LogP contribution >= 0.6 is 11.6 Å². The summed E-state index contributed by atoms with van der Waals surface area (Å²) in [5.41, 5.74) is 0. The number of alkyl halides is 1. The predicted molar refractivity (Wildman–Crippen MR) is 37.9 cm³/mol. The quantitative estimate of drug-likeness (QED) is 0.472. The summed E-state index contributed by atoms with van der Waals surface area (Å²) in [4.78, 5) is 0. The van der Waals surface area contributed by atoms with Gasteiger partial charge in [-0.05, 0) is 0 Å². The van der Waals surface area contributed by atoms with E-state index in [4.69, 9.17) is 31.7 Å². The van der Waals surface area contributed by atoms with Crippen molar-refractivity contribution < 1.29 is 20.1 Å². The SMILES string of the molecule is O[C@H]1[C@@H]([C@H](O)CCl)O[CH][C@@H]1O. The lowest BCUT2D eigenvalue weighted by atomic mass is 10.1. The van der Waals surface area contributed by atoms with Crippen LogP contribution in [-0.2, 0) is 4.74 Å². The zero-order chi connectivity index (χ0) is 8.43. The Hall–Kier alpha value is 0.130. The van der Waals surface area contributed by atoms with E-state index in [0.29, 0.717) is 0 Å². The van der Waals surface area contributed by atoms with Crippen molar-refractivity contribution in [1.29, 1.82) is 0 Å². The van der Waals surface area contributed by atoms with E-state index >= 15 is 0 Å². The second kappa shape index (κ2) is 3.69. The summed E-state index contributed by atoms with van der Waals surface area (Å²) in [5, 5.41) is 27.2. The highest BCUT2D eigenvalue weighted by Crippen LogP contribution is 2.20. The van der Waals surface area contributed by atoms with Gasteiger partial charge < -0.3 is 20.1 Å². The molecule has 4 nitrogen and oxygen atoms in total. The standard InChI is InChI=1S/C6H10ClO4/c7-1-3(8)6-5(10)4(9)2-11-6/h2-6,8-10H,1H2/t3-,4+,5-,6-/m1/s1. The number of ether oxygens (including phenoxy) is 1. The van der Waals surface area contributed by atoms with Crippen LogP contribution in [0.5, 0.6) is 0 Å². The lowest BCUT2D eigenvalue weighted by Gasteiger charge is -2.18. The van der Waals surface area contributed by atoms with Gasteiger partial charge in [-0.3, -0.25) is 0 Å². The minimum Gasteiger partial charge on any atom is -0.389 e. The van der Waals surface area contributed by atoms with Crippen LogP contribution < -0.4 is 0 Å². The van der Waals surface area contributed by atoms with Crippen molar-refractivity contribution in [3.8, 4) is 0 Å². The Bertz CT molecular complexity index is 132. The normalized spacial score (nSPS) is 40.9. The zero-order valence-corrected chi connectivity index (χ0v) is 6.48. The highest BCUT2D eigenvalue weighted by atomic mass is 35.5. The van der Waals surface area contributed by atoms with Gasteiger partial charge in [0.05, 0.1) is 12.0 Å². The molecule has 0 aliphatic carbocycles. The number of aliphatic hydroxyl groups is 3. The third kappa shape index (κ3) is 1.83. The first-order valence-corrected chi connectivity index (χ1v) is 3.79. The molecule has 0 aromatic heterocycles. The molecular formula is C6H10ClO4. The van der Waals surface area contributed by atoms with Gasteiger partial charge in [0, 0.05) is 0 Å². The largest absolute Gasteiger partial charge is 0.389 e. The highest BCUT2D eigenvalue weighted by Gasteiger charge is 2.39. The topological polar surface area (TPSA) is 69.9 Å². The third-order valence-corrected chi connectivity index (χ3v) is 1.92. The van der Waals surface area contributed by atoms with Gasteiger partial charge in [0.1, 0.15) is 24.9 Å². The number of hydrogen-bond donors (Lipinski definition) is 3. The van der Waals surface area contributed by atoms with Gasteiger partial charge in [-0.15, -0.1) is 11.6 Å². The zero-order valence-electron chi connectivity index (χ0n) is 5.72. The summed E-state index contributed by atoms with van der Waals surface area (Å²) in [6, 6.07) is 0. The molecule has 3 N–H and O–H groups in total. The fraction of sp³-hybridized carbons (Fsp3) is 0.833. The van der Waals surface area contributed by atoms with E-state index < -0.39 is 24.4 Å². The van der Waals surface area contributed by atoms with Gasteiger partial charge in [0.15, 0.2) is 0 Å². The summed E-state index contributed by atoms with van der Waals surface area (Å²) >= 11 is 5.31. The summed E-state index contributed by atoms with van der Waals surface area (Å²) in [6.45, 7) is 1.09. The molecule has 4 atom stereocenters. The van der Waals surface area contributed by atoms with Gasteiger partial charge in [-0.25, -0.2) is 0 Å². The monoisotopic (exact) mass is 181 g/mol. The molecule has 1 heterocycles. The maximum absolute atomic E-state index is 9.13. The second-order valence-corrected chi connectivity index (χ2v) is 2.75. The summed E-state index contributed by atoms with van der Waals surface area (Å²) < 4.78 is 4.77. The molecular weight excluding hydrogens is 172 g/mol. The minimum atomic E-state index is -1.08. The average Bonchev–Trinajstić information content (AvgIpc) is 2.32. The van der Waals surface area contributed by atoms with E-state index in [1.807, 2.05) is 0 Å². The predicted octanol–water partition coefficient (Wildman–Crippen LogP) is -1.13. The van der Waals surface area contributed by atoms with E-state index in [-0.39, 0.29) is 5.88 Å². The molecule has 0 unspecified atom stereocenters. The van der Waals surface area contributed by atoms with Gasteiger partial charge in [-0.2, -0.15) is 0 Å². The second-order valence-electron chi connectivity index (χ2n) is 2.44. The van der Waals surface area contributed by atoms with E-state index in [1.54, 1.807) is 0 Å². The van der Waals surface area contributed by atoms with Gasteiger partial charge in [0.2, 0.25) is 0 Å². The number of halogens is 1. The Morgan fingerprint density at radius 3 is 2.55 bits per heavy atom. The number of aliphatic hydroxyl groups excluding tert-OH is 3. The fourth-order valence-electron chi connectivity index (χ4n) is 0.933. The van der Waals surface area contributed by atoms with E-state index in [9.17, 15) is 0 Å². The molecule has 65 valence electrons. The Balaban J connectivity index is 2.47. The van der Waals surface area contributed by atoms with Crippen molar-refractivity contribution >= 4 is 11.6 Å². The Labute approximate surface area is 69.4 Å². The van der Waals surface area contributed by atoms with Crippen molar-refractivity contribution in [2.45, 2.75) is 24.4 Å². The Morgan fingerprint density at radius 2 is 2.18 bits per heavy atom. The Kier molecular flexibility index (Phi) is 3.09. The lowest BCUT2D eigenvalue weighted by Crippen LogP contribution is -2.39. The van der Waals surface area contributed by atoms with E-state index in [0.717, 1.165) is 6.61 Å². The fourth-order valence-corrected chi connectivity index (χ4v) is 1.11. The van der Waals surface area contributed by atoms with Crippen molar-refractivity contribution in [2.24, 2.45) is 0 Å². The number of hydrogen-bond acceptors (Lipinski definition) is 4. The minimum absolute atomic E-state index is 0.0255. The molecule has 0 aromatic carbocycles. The molecule has 0 spiro atoms. The molecule has 0 saturated carbocycles. The molecule has 0 bridgehead atoms. The molecule has 5 heteroatoms. The van der Waals surface area contributed by atoms with Crippen LogP contribution in [0.4, 0.5) is 0 Å².